The molecule has 2 heterocycles. The number of aliphatic hydroxyl groups is 1. The molecule has 0 spiro atoms. The van der Waals surface area contributed by atoms with Gasteiger partial charge < -0.3 is 39.4 Å². The van der Waals surface area contributed by atoms with Gasteiger partial charge in [0, 0.05) is 80.8 Å². The van der Waals surface area contributed by atoms with E-state index in [-0.39, 0.29) is 62.7 Å². The first-order valence-corrected chi connectivity index (χ1v) is 24.9. The lowest BCUT2D eigenvalue weighted by atomic mass is 10.0. The number of aliphatic hydroxyl groups excluding tert-OH is 1. The van der Waals surface area contributed by atoms with Gasteiger partial charge >= 0.3 is 0 Å². The number of benzene rings is 4. The Bertz CT molecular complexity index is 3100. The third kappa shape index (κ3) is 15.4. The van der Waals surface area contributed by atoms with Crippen LogP contribution >= 0.6 is 46.4 Å². The number of rotatable bonds is 21. The topological polar surface area (TPSA) is 217 Å². The minimum absolute atomic E-state index is 0.113. The van der Waals surface area contributed by atoms with E-state index in [1.54, 1.807) is 70.6 Å². The SMILES string of the molecule is C=CC(=O)Nc1cc(C(C)O)ccc1Cc1cc(N(C)C(=O)Cc2c(Cl)c(OC)cc(OC)c2Cl)ncn1.C=CC(=O)Nc1cc(C(C)OC)ccc1Cc1cc(N(C)C(=O)Cc2c(Cl)c(OC)cc(OC)c2Cl)ncn1. The highest BCUT2D eigenvalue weighted by Crippen LogP contribution is 2.42. The highest BCUT2D eigenvalue weighted by Gasteiger charge is 2.25. The molecule has 18 nitrogen and oxygen atoms in total. The Morgan fingerprint density at radius 3 is 1.29 bits per heavy atom. The lowest BCUT2D eigenvalue weighted by molar-refractivity contribution is -0.118. The van der Waals surface area contributed by atoms with Crippen LogP contribution in [-0.4, -0.2) is 98.3 Å². The van der Waals surface area contributed by atoms with E-state index in [0.29, 0.717) is 86.9 Å². The van der Waals surface area contributed by atoms with Gasteiger partial charge in [-0.1, -0.05) is 83.8 Å². The number of carbonyl (C=O) groups excluding carboxylic acids is 4. The van der Waals surface area contributed by atoms with Gasteiger partial charge in [0.25, 0.3) is 0 Å². The molecule has 0 aliphatic rings. The van der Waals surface area contributed by atoms with Gasteiger partial charge in [-0.15, -0.1) is 0 Å². The molecule has 0 fully saturated rings. The number of hydrogen-bond acceptors (Lipinski definition) is 14. The van der Waals surface area contributed by atoms with Crippen molar-refractivity contribution in [3.8, 4) is 23.0 Å². The number of amides is 4. The van der Waals surface area contributed by atoms with E-state index < -0.39 is 6.10 Å². The van der Waals surface area contributed by atoms with Crippen LogP contribution in [0.4, 0.5) is 23.0 Å². The number of hydrogen-bond donors (Lipinski definition) is 3. The van der Waals surface area contributed by atoms with Gasteiger partial charge in [0.1, 0.15) is 47.3 Å². The summed E-state index contributed by atoms with van der Waals surface area (Å²) < 4.78 is 26.6. The summed E-state index contributed by atoms with van der Waals surface area (Å²) in [5, 5.41) is 16.5. The van der Waals surface area contributed by atoms with E-state index >= 15 is 0 Å². The Morgan fingerprint density at radius 1 is 0.584 bits per heavy atom. The lowest BCUT2D eigenvalue weighted by Crippen LogP contribution is -2.29. The molecule has 6 rings (SSSR count). The molecule has 4 amide bonds. The first-order valence-electron chi connectivity index (χ1n) is 23.4. The van der Waals surface area contributed by atoms with Crippen LogP contribution in [0.2, 0.25) is 20.1 Å². The first-order chi connectivity index (χ1) is 36.7. The van der Waals surface area contributed by atoms with Crippen LogP contribution in [0.25, 0.3) is 0 Å². The van der Waals surface area contributed by atoms with Crippen molar-refractivity contribution in [1.82, 2.24) is 19.9 Å². The number of anilines is 4. The Hall–Kier alpha value is -7.32. The predicted molar refractivity (Wildman–Crippen MR) is 300 cm³/mol. The molecule has 2 unspecified atom stereocenters. The second kappa shape index (κ2) is 28.2. The van der Waals surface area contributed by atoms with Gasteiger partial charge in [0.15, 0.2) is 0 Å². The van der Waals surface area contributed by atoms with Crippen LogP contribution < -0.4 is 39.4 Å². The third-order valence-corrected chi connectivity index (χ3v) is 13.7. The van der Waals surface area contributed by atoms with Crippen LogP contribution in [0.5, 0.6) is 23.0 Å². The van der Waals surface area contributed by atoms with E-state index in [1.165, 1.54) is 63.0 Å². The van der Waals surface area contributed by atoms with Crippen LogP contribution in [0, 0.1) is 0 Å². The highest BCUT2D eigenvalue weighted by molar-refractivity contribution is 6.39. The molecule has 4 aromatic carbocycles. The average Bonchev–Trinajstić information content (AvgIpc) is 3.44. The van der Waals surface area contributed by atoms with Gasteiger partial charge in [-0.05, 0) is 60.4 Å². The van der Waals surface area contributed by atoms with E-state index in [4.69, 9.17) is 70.1 Å². The number of aromatic nitrogens is 4. The van der Waals surface area contributed by atoms with Crippen LogP contribution in [0.15, 0.2) is 98.6 Å². The zero-order valence-electron chi connectivity index (χ0n) is 43.8. The molecule has 0 radical (unpaired) electrons. The molecular formula is C55H58Cl4N8O10. The Balaban J connectivity index is 0.000000284. The molecular weight excluding hydrogens is 1070 g/mol. The van der Waals surface area contributed by atoms with Gasteiger partial charge in [0.05, 0.1) is 85.0 Å². The largest absolute Gasteiger partial charge is 0.495 e. The molecule has 0 aliphatic carbocycles. The number of halogens is 4. The summed E-state index contributed by atoms with van der Waals surface area (Å²) in [6, 6.07) is 17.5. The standard InChI is InChI=1S/C28H30Cl2N4O5.C27H28Cl2N4O5/c1-7-25(35)33-21-11-17(16(2)37-4)8-9-18(21)10-19-12-24(32-15-31-19)34(3)26(36)13-20-27(29)22(38-5)14-23(39-6)28(20)30;1-6-24(35)32-20-10-16(15(2)34)7-8-17(20)9-18-11-23(31-14-30-18)33(3)25(36)12-19-26(28)21(37-4)13-22(38-5)27(19)29/h7-9,11-12,14-16H,1,10,13H2,2-6H3,(H,33,35);6-8,10-11,13-15,34H,1,9,12H2,2-5H3,(H,32,35). The molecule has 77 heavy (non-hydrogen) atoms. The van der Waals surface area contributed by atoms with Crippen molar-refractivity contribution >= 4 is 93.0 Å². The third-order valence-electron chi connectivity index (χ3n) is 12.0. The number of nitrogens with zero attached hydrogens (tertiary/aromatic N) is 6. The maximum absolute atomic E-state index is 13.2. The number of nitrogens with one attached hydrogen (secondary N) is 2. The number of carbonyl (C=O) groups is 4. The minimum Gasteiger partial charge on any atom is -0.495 e. The monoisotopic (exact) mass is 1130 g/mol. The molecule has 0 bridgehead atoms. The van der Waals surface area contributed by atoms with Crippen molar-refractivity contribution in [2.75, 3.05) is 70.1 Å². The minimum atomic E-state index is -0.708. The normalized spacial score (nSPS) is 11.5. The average molecular weight is 1130 g/mol. The first kappa shape index (κ1) is 60.5. The summed E-state index contributed by atoms with van der Waals surface area (Å²) in [7, 11) is 10.7. The zero-order valence-corrected chi connectivity index (χ0v) is 46.8. The fourth-order valence-corrected chi connectivity index (χ4v) is 8.72. The zero-order chi connectivity index (χ0) is 56.7. The van der Waals surface area contributed by atoms with E-state index in [1.807, 2.05) is 25.1 Å². The molecule has 0 saturated carbocycles. The second-order valence-electron chi connectivity index (χ2n) is 16.9. The Labute approximate surface area is 466 Å². The summed E-state index contributed by atoms with van der Waals surface area (Å²) in [6.45, 7) is 10.6. The fraction of sp³-hybridized carbons (Fsp3) is 0.273. The molecule has 0 aliphatic heterocycles. The van der Waals surface area contributed by atoms with Gasteiger partial charge in [-0.25, -0.2) is 19.9 Å². The van der Waals surface area contributed by atoms with Crippen molar-refractivity contribution in [2.45, 2.75) is 51.7 Å². The Kier molecular flexibility index (Phi) is 22.1. The highest BCUT2D eigenvalue weighted by atomic mass is 35.5. The number of methoxy groups -OCH3 is 5. The van der Waals surface area contributed by atoms with Crippen molar-refractivity contribution in [3.63, 3.8) is 0 Å². The van der Waals surface area contributed by atoms with Gasteiger partial charge in [-0.2, -0.15) is 0 Å². The summed E-state index contributed by atoms with van der Waals surface area (Å²) in [4.78, 5) is 70.4. The lowest BCUT2D eigenvalue weighted by Gasteiger charge is -2.19. The fourth-order valence-electron chi connectivity index (χ4n) is 7.45. The maximum Gasteiger partial charge on any atom is 0.247 e. The van der Waals surface area contributed by atoms with Crippen molar-refractivity contribution in [3.05, 3.63) is 163 Å². The molecule has 2 atom stereocenters. The summed E-state index contributed by atoms with van der Waals surface area (Å²) in [5.74, 6) is 0.758. The van der Waals surface area contributed by atoms with E-state index in [2.05, 4.69) is 43.7 Å². The number of ether oxygens (including phenoxy) is 5. The van der Waals surface area contributed by atoms with E-state index in [9.17, 15) is 24.3 Å². The molecule has 22 heteroatoms. The molecule has 406 valence electrons. The van der Waals surface area contributed by atoms with E-state index in [0.717, 1.165) is 16.7 Å². The summed E-state index contributed by atoms with van der Waals surface area (Å²) >= 11 is 25.8. The summed E-state index contributed by atoms with van der Waals surface area (Å²) in [6.07, 6.45) is 4.70. The van der Waals surface area contributed by atoms with Crippen molar-refractivity contribution in [2.24, 2.45) is 0 Å². The van der Waals surface area contributed by atoms with Crippen LogP contribution in [-0.2, 0) is 49.6 Å². The smallest absolute Gasteiger partial charge is 0.247 e. The quantitative estimate of drug-likeness (QED) is 0.0572. The molecule has 2 aromatic heterocycles. The molecule has 6 aromatic rings. The van der Waals surface area contributed by atoms with Crippen molar-refractivity contribution in [1.29, 1.82) is 0 Å². The number of likely N-dealkylation sites (N-methyl/N-ethyl adjacent to an activating group) is 2. The maximum atomic E-state index is 13.2. The van der Waals surface area contributed by atoms with Gasteiger partial charge in [-0.3, -0.25) is 29.0 Å². The van der Waals surface area contributed by atoms with Crippen molar-refractivity contribution < 1.29 is 48.0 Å². The summed E-state index contributed by atoms with van der Waals surface area (Å²) in [5.41, 5.74) is 6.26. The molecule has 0 saturated heterocycles. The van der Waals surface area contributed by atoms with Crippen LogP contribution in [0.3, 0.4) is 0 Å². The molecule has 3 N–H and O–H groups in total. The van der Waals surface area contributed by atoms with Gasteiger partial charge in [0.2, 0.25) is 23.6 Å². The predicted octanol–water partition coefficient (Wildman–Crippen LogP) is 10.2. The Morgan fingerprint density at radius 2 is 0.948 bits per heavy atom. The second-order valence-corrected chi connectivity index (χ2v) is 18.4. The van der Waals surface area contributed by atoms with Crippen LogP contribution in [0.1, 0.15) is 70.8 Å².